The smallest absolute Gasteiger partial charge is 0.203 e. The molecule has 0 bridgehead atoms. The predicted molar refractivity (Wildman–Crippen MR) is 75.4 cm³/mol. The molecule has 0 radical (unpaired) electrons. The minimum Gasteiger partial charge on any atom is -0.508 e. The van der Waals surface area contributed by atoms with Crippen LogP contribution in [0.4, 0.5) is 0 Å². The average molecular weight is 272 g/mol. The lowest BCUT2D eigenvalue weighted by Crippen LogP contribution is -2.12. The molecule has 0 unspecified atom stereocenters. The number of aromatic hydroxyl groups is 2. The van der Waals surface area contributed by atoms with E-state index >= 15 is 0 Å². The van der Waals surface area contributed by atoms with Gasteiger partial charge in [-0.2, -0.15) is 0 Å². The van der Waals surface area contributed by atoms with Gasteiger partial charge in [-0.25, -0.2) is 0 Å². The van der Waals surface area contributed by atoms with E-state index in [0.717, 1.165) is 0 Å². The SMILES string of the molecule is CCc1cc(C(=O)COc2ccccc2)c(O)cc1O. The second-order valence-corrected chi connectivity index (χ2v) is 4.38. The Hall–Kier alpha value is -2.49. The van der Waals surface area contributed by atoms with Crippen LogP contribution in [0.15, 0.2) is 42.5 Å². The van der Waals surface area contributed by atoms with Crippen LogP contribution in [-0.4, -0.2) is 22.6 Å². The van der Waals surface area contributed by atoms with Gasteiger partial charge in [-0.1, -0.05) is 25.1 Å². The van der Waals surface area contributed by atoms with E-state index in [1.165, 1.54) is 12.1 Å². The van der Waals surface area contributed by atoms with E-state index in [4.69, 9.17) is 4.74 Å². The Labute approximate surface area is 117 Å². The van der Waals surface area contributed by atoms with Crippen LogP contribution in [0.2, 0.25) is 0 Å². The summed E-state index contributed by atoms with van der Waals surface area (Å²) in [5.74, 6) is 0.0165. The molecule has 4 nitrogen and oxygen atoms in total. The summed E-state index contributed by atoms with van der Waals surface area (Å²) in [5, 5.41) is 19.3. The summed E-state index contributed by atoms with van der Waals surface area (Å²) in [6, 6.07) is 11.7. The van der Waals surface area contributed by atoms with Crippen molar-refractivity contribution < 1.29 is 19.7 Å². The second-order valence-electron chi connectivity index (χ2n) is 4.38. The van der Waals surface area contributed by atoms with Crippen LogP contribution in [0.1, 0.15) is 22.8 Å². The number of carbonyl (C=O) groups is 1. The van der Waals surface area contributed by atoms with Gasteiger partial charge in [-0.05, 0) is 30.2 Å². The third-order valence-corrected chi connectivity index (χ3v) is 2.99. The molecular weight excluding hydrogens is 256 g/mol. The largest absolute Gasteiger partial charge is 0.508 e. The molecule has 4 heteroatoms. The minimum absolute atomic E-state index is 0.00877. The molecule has 20 heavy (non-hydrogen) atoms. The number of para-hydroxylation sites is 1. The van der Waals surface area contributed by atoms with Crippen LogP contribution >= 0.6 is 0 Å². The quantitative estimate of drug-likeness (QED) is 0.821. The lowest BCUT2D eigenvalue weighted by atomic mass is 10.0. The predicted octanol–water partition coefficient (Wildman–Crippen LogP) is 2.92. The molecule has 0 spiro atoms. The first-order valence-electron chi connectivity index (χ1n) is 6.37. The van der Waals surface area contributed by atoms with Crippen molar-refractivity contribution in [1.29, 1.82) is 0 Å². The zero-order valence-corrected chi connectivity index (χ0v) is 11.2. The Bertz CT molecular complexity index is 605. The normalized spacial score (nSPS) is 10.2. The highest BCUT2D eigenvalue weighted by Gasteiger charge is 2.15. The molecule has 0 amide bonds. The van der Waals surface area contributed by atoms with Crippen LogP contribution in [0.25, 0.3) is 0 Å². The lowest BCUT2D eigenvalue weighted by Gasteiger charge is -2.09. The third-order valence-electron chi connectivity index (χ3n) is 2.99. The van der Waals surface area contributed by atoms with Gasteiger partial charge in [0.25, 0.3) is 0 Å². The maximum Gasteiger partial charge on any atom is 0.203 e. The first-order valence-corrected chi connectivity index (χ1v) is 6.37. The summed E-state index contributed by atoms with van der Waals surface area (Å²) in [7, 11) is 0. The average Bonchev–Trinajstić information content (AvgIpc) is 2.46. The molecule has 0 fully saturated rings. The Morgan fingerprint density at radius 3 is 2.45 bits per heavy atom. The Kier molecular flexibility index (Phi) is 4.25. The molecule has 0 saturated carbocycles. The molecule has 0 aliphatic rings. The number of phenolic OH excluding ortho intramolecular Hbond substituents is 2. The highest BCUT2D eigenvalue weighted by molar-refractivity contribution is 6.00. The van der Waals surface area contributed by atoms with E-state index in [2.05, 4.69) is 0 Å². The molecule has 0 saturated heterocycles. The van der Waals surface area contributed by atoms with Gasteiger partial charge in [0.15, 0.2) is 6.61 Å². The lowest BCUT2D eigenvalue weighted by molar-refractivity contribution is 0.0918. The summed E-state index contributed by atoms with van der Waals surface area (Å²) in [6.07, 6.45) is 0.575. The number of rotatable bonds is 5. The number of aryl methyl sites for hydroxylation is 1. The van der Waals surface area contributed by atoms with E-state index in [9.17, 15) is 15.0 Å². The van der Waals surface area contributed by atoms with Gasteiger partial charge in [0, 0.05) is 6.07 Å². The molecule has 2 aromatic rings. The second kappa shape index (κ2) is 6.10. The number of ketones is 1. The number of benzene rings is 2. The molecule has 0 aromatic heterocycles. The van der Waals surface area contributed by atoms with Crippen LogP contribution in [-0.2, 0) is 6.42 Å². The number of carbonyl (C=O) groups excluding carboxylic acids is 1. The minimum atomic E-state index is -0.332. The van der Waals surface area contributed by atoms with Crippen molar-refractivity contribution in [3.05, 3.63) is 53.6 Å². The van der Waals surface area contributed by atoms with Crippen LogP contribution < -0.4 is 4.74 Å². The molecule has 104 valence electrons. The van der Waals surface area contributed by atoms with E-state index < -0.39 is 0 Å². The van der Waals surface area contributed by atoms with Crippen molar-refractivity contribution in [3.63, 3.8) is 0 Å². The molecule has 2 rings (SSSR count). The zero-order chi connectivity index (χ0) is 14.5. The fraction of sp³-hybridized carbons (Fsp3) is 0.188. The third kappa shape index (κ3) is 3.09. The molecule has 2 N–H and O–H groups in total. The van der Waals surface area contributed by atoms with Crippen molar-refractivity contribution in [3.8, 4) is 17.2 Å². The van der Waals surface area contributed by atoms with Gasteiger partial charge in [-0.3, -0.25) is 4.79 Å². The molecule has 0 aliphatic carbocycles. The summed E-state index contributed by atoms with van der Waals surface area (Å²) in [6.45, 7) is 1.70. The molecule has 0 heterocycles. The summed E-state index contributed by atoms with van der Waals surface area (Å²) in [4.78, 5) is 12.1. The Morgan fingerprint density at radius 2 is 1.80 bits per heavy atom. The number of hydrogen-bond donors (Lipinski definition) is 2. The molecule has 0 atom stereocenters. The van der Waals surface area contributed by atoms with Gasteiger partial charge >= 0.3 is 0 Å². The van der Waals surface area contributed by atoms with Gasteiger partial charge in [0.1, 0.15) is 17.2 Å². The summed E-state index contributed by atoms with van der Waals surface area (Å²) in [5.41, 5.74) is 0.779. The fourth-order valence-corrected chi connectivity index (χ4v) is 1.87. The monoisotopic (exact) mass is 272 g/mol. The number of ether oxygens (including phenoxy) is 1. The van der Waals surface area contributed by atoms with E-state index in [-0.39, 0.29) is 29.5 Å². The van der Waals surface area contributed by atoms with Crippen molar-refractivity contribution in [2.75, 3.05) is 6.61 Å². The molecular formula is C16H16O4. The van der Waals surface area contributed by atoms with Crippen molar-refractivity contribution >= 4 is 5.78 Å². The van der Waals surface area contributed by atoms with E-state index in [0.29, 0.717) is 17.7 Å². The van der Waals surface area contributed by atoms with Crippen molar-refractivity contribution in [2.45, 2.75) is 13.3 Å². The summed E-state index contributed by atoms with van der Waals surface area (Å²) < 4.78 is 5.36. The first kappa shape index (κ1) is 13.9. The van der Waals surface area contributed by atoms with Gasteiger partial charge in [0.2, 0.25) is 5.78 Å². The number of Topliss-reactive ketones (excluding diaryl/α,β-unsaturated/α-hetero) is 1. The zero-order valence-electron chi connectivity index (χ0n) is 11.2. The maximum absolute atomic E-state index is 12.1. The molecule has 0 aliphatic heterocycles. The maximum atomic E-state index is 12.1. The van der Waals surface area contributed by atoms with E-state index in [1.54, 1.807) is 12.1 Å². The number of phenols is 2. The standard InChI is InChI=1S/C16H16O4/c1-2-11-8-13(15(18)9-14(11)17)16(19)10-20-12-6-4-3-5-7-12/h3-9,17-18H,2,10H2,1H3. The van der Waals surface area contributed by atoms with Crippen molar-refractivity contribution in [1.82, 2.24) is 0 Å². The first-order chi connectivity index (χ1) is 9.61. The van der Waals surface area contributed by atoms with Crippen molar-refractivity contribution in [2.24, 2.45) is 0 Å². The van der Waals surface area contributed by atoms with Crippen LogP contribution in [0.3, 0.4) is 0 Å². The highest BCUT2D eigenvalue weighted by atomic mass is 16.5. The summed E-state index contributed by atoms with van der Waals surface area (Å²) >= 11 is 0. The topological polar surface area (TPSA) is 66.8 Å². The van der Waals surface area contributed by atoms with Gasteiger partial charge in [-0.15, -0.1) is 0 Å². The fourth-order valence-electron chi connectivity index (χ4n) is 1.87. The van der Waals surface area contributed by atoms with Gasteiger partial charge < -0.3 is 14.9 Å². The van der Waals surface area contributed by atoms with Crippen LogP contribution in [0.5, 0.6) is 17.2 Å². The van der Waals surface area contributed by atoms with Gasteiger partial charge in [0.05, 0.1) is 5.56 Å². The highest BCUT2D eigenvalue weighted by Crippen LogP contribution is 2.28. The van der Waals surface area contributed by atoms with Crippen LogP contribution in [0, 0.1) is 0 Å². The van der Waals surface area contributed by atoms with E-state index in [1.807, 2.05) is 25.1 Å². The number of hydrogen-bond acceptors (Lipinski definition) is 4. The Morgan fingerprint density at radius 1 is 1.10 bits per heavy atom. The Balaban J connectivity index is 2.13. The molecule has 2 aromatic carbocycles.